The molecule has 10 aromatic carbocycles. The number of benzene rings is 10. The average molecular weight is 704 g/mol. The van der Waals surface area contributed by atoms with Gasteiger partial charge in [0.1, 0.15) is 0 Å². The first-order valence-electron chi connectivity index (χ1n) is 18.5. The van der Waals surface area contributed by atoms with E-state index in [1.807, 2.05) is 11.3 Å². The van der Waals surface area contributed by atoms with Crippen LogP contribution in [0.3, 0.4) is 0 Å². The SMILES string of the molecule is c1ccc(-c2ccc(N(c3ccc4c(-c5cc6ccccc6c6ccccc56)cccc4c3)c3cccc4sc5c6ccccc6ccc5c34)cc2)cc1. The van der Waals surface area contributed by atoms with Crippen LogP contribution in [0.1, 0.15) is 0 Å². The molecule has 1 nitrogen and oxygen atoms in total. The summed E-state index contributed by atoms with van der Waals surface area (Å²) in [6.07, 6.45) is 0. The number of anilines is 3. The number of thiophene rings is 1. The molecule has 1 heterocycles. The van der Waals surface area contributed by atoms with Gasteiger partial charge in [-0.3, -0.25) is 0 Å². The number of fused-ring (bicyclic) bond motifs is 9. The van der Waals surface area contributed by atoms with Crippen LogP contribution in [0.2, 0.25) is 0 Å². The summed E-state index contributed by atoms with van der Waals surface area (Å²) in [6.45, 7) is 0. The van der Waals surface area contributed by atoms with Crippen LogP contribution >= 0.6 is 11.3 Å². The van der Waals surface area contributed by atoms with Gasteiger partial charge in [0.25, 0.3) is 0 Å². The van der Waals surface area contributed by atoms with E-state index in [-0.39, 0.29) is 0 Å². The summed E-state index contributed by atoms with van der Waals surface area (Å²) in [5.74, 6) is 0. The van der Waals surface area contributed by atoms with Crippen molar-refractivity contribution in [2.75, 3.05) is 4.90 Å². The van der Waals surface area contributed by atoms with Crippen LogP contribution in [0.5, 0.6) is 0 Å². The topological polar surface area (TPSA) is 3.24 Å². The Hall–Kier alpha value is -6.74. The molecule has 0 aliphatic carbocycles. The summed E-state index contributed by atoms with van der Waals surface area (Å²) >= 11 is 1.89. The molecule has 1 aromatic heterocycles. The van der Waals surface area contributed by atoms with Gasteiger partial charge in [-0.15, -0.1) is 11.3 Å². The van der Waals surface area contributed by atoms with Gasteiger partial charge in [-0.2, -0.15) is 0 Å². The molecule has 0 aliphatic heterocycles. The molecule has 0 spiro atoms. The van der Waals surface area contributed by atoms with Crippen LogP contribution in [0, 0.1) is 0 Å². The van der Waals surface area contributed by atoms with E-state index in [1.54, 1.807) is 0 Å². The van der Waals surface area contributed by atoms with E-state index in [4.69, 9.17) is 0 Å². The van der Waals surface area contributed by atoms with E-state index < -0.39 is 0 Å². The van der Waals surface area contributed by atoms with E-state index in [1.165, 1.54) is 91.2 Å². The van der Waals surface area contributed by atoms with Crippen molar-refractivity contribution in [1.29, 1.82) is 0 Å². The second-order valence-electron chi connectivity index (χ2n) is 14.1. The maximum absolute atomic E-state index is 2.45. The van der Waals surface area contributed by atoms with Gasteiger partial charge in [-0.05, 0) is 108 Å². The van der Waals surface area contributed by atoms with Crippen LogP contribution in [0.15, 0.2) is 200 Å². The van der Waals surface area contributed by atoms with E-state index in [0.29, 0.717) is 0 Å². The standard InChI is InChI=1S/C52H33NS/c1-2-12-34(13-3-1)35-24-27-39(28-25-35)53(49-22-11-23-50-51(49)47-30-26-36-14-4-7-18-43(36)52(47)54-50)40-29-31-42-37(32-40)16-10-21-45(42)48-33-38-15-5-6-17-41(38)44-19-8-9-20-46(44)48/h1-33H. The molecule has 0 bridgehead atoms. The molecular weight excluding hydrogens is 671 g/mol. The van der Waals surface area contributed by atoms with Gasteiger partial charge in [0.15, 0.2) is 0 Å². The highest BCUT2D eigenvalue weighted by Crippen LogP contribution is 2.47. The zero-order valence-corrected chi connectivity index (χ0v) is 30.2. The van der Waals surface area contributed by atoms with Crippen LogP contribution in [0.4, 0.5) is 17.1 Å². The summed E-state index contributed by atoms with van der Waals surface area (Å²) in [5.41, 5.74) is 8.36. The Bertz CT molecular complexity index is 3210. The van der Waals surface area contributed by atoms with Crippen molar-refractivity contribution in [2.24, 2.45) is 0 Å². The zero-order valence-electron chi connectivity index (χ0n) is 29.4. The lowest BCUT2D eigenvalue weighted by Crippen LogP contribution is -2.10. The van der Waals surface area contributed by atoms with E-state index in [2.05, 4.69) is 205 Å². The molecule has 0 aliphatic rings. The van der Waals surface area contributed by atoms with Crippen molar-refractivity contribution >= 4 is 91.7 Å². The molecule has 11 aromatic rings. The lowest BCUT2D eigenvalue weighted by atomic mass is 9.90. The van der Waals surface area contributed by atoms with Crippen LogP contribution in [-0.2, 0) is 0 Å². The Labute approximate surface area is 317 Å². The zero-order chi connectivity index (χ0) is 35.6. The predicted octanol–water partition coefficient (Wildman–Crippen LogP) is 15.5. The lowest BCUT2D eigenvalue weighted by molar-refractivity contribution is 1.31. The summed E-state index contributed by atoms with van der Waals surface area (Å²) in [7, 11) is 0. The number of nitrogens with zero attached hydrogens (tertiary/aromatic N) is 1. The molecule has 0 saturated heterocycles. The minimum atomic E-state index is 1.12. The fourth-order valence-corrected chi connectivity index (χ4v) is 9.76. The van der Waals surface area contributed by atoms with Crippen molar-refractivity contribution in [3.63, 3.8) is 0 Å². The summed E-state index contributed by atoms with van der Waals surface area (Å²) in [5, 5.41) is 12.7. The first kappa shape index (κ1) is 30.8. The fourth-order valence-electron chi connectivity index (χ4n) is 8.50. The highest BCUT2D eigenvalue weighted by atomic mass is 32.1. The van der Waals surface area contributed by atoms with Crippen molar-refractivity contribution in [2.45, 2.75) is 0 Å². The third kappa shape index (κ3) is 4.92. The average Bonchev–Trinajstić information content (AvgIpc) is 3.64. The van der Waals surface area contributed by atoms with Crippen LogP contribution < -0.4 is 4.90 Å². The normalized spacial score (nSPS) is 11.7. The maximum Gasteiger partial charge on any atom is 0.0554 e. The molecule has 252 valence electrons. The lowest BCUT2D eigenvalue weighted by Gasteiger charge is -2.27. The van der Waals surface area contributed by atoms with E-state index in [9.17, 15) is 0 Å². The Morgan fingerprint density at radius 1 is 0.333 bits per heavy atom. The minimum Gasteiger partial charge on any atom is -0.310 e. The van der Waals surface area contributed by atoms with Gasteiger partial charge < -0.3 is 4.90 Å². The minimum absolute atomic E-state index is 1.12. The highest BCUT2D eigenvalue weighted by molar-refractivity contribution is 7.26. The Balaban J connectivity index is 1.13. The fraction of sp³-hybridized carbons (Fsp3) is 0. The Morgan fingerprint density at radius 3 is 1.81 bits per heavy atom. The molecule has 0 radical (unpaired) electrons. The van der Waals surface area contributed by atoms with Crippen molar-refractivity contribution < 1.29 is 0 Å². The molecule has 0 saturated carbocycles. The van der Waals surface area contributed by atoms with E-state index in [0.717, 1.165) is 11.4 Å². The van der Waals surface area contributed by atoms with Gasteiger partial charge in [-0.25, -0.2) is 0 Å². The maximum atomic E-state index is 2.45. The smallest absolute Gasteiger partial charge is 0.0554 e. The summed E-state index contributed by atoms with van der Waals surface area (Å²) in [6, 6.07) is 73.5. The van der Waals surface area contributed by atoms with Crippen LogP contribution in [0.25, 0.3) is 85.5 Å². The van der Waals surface area contributed by atoms with Crippen molar-refractivity contribution in [3.05, 3.63) is 200 Å². The predicted molar refractivity (Wildman–Crippen MR) is 235 cm³/mol. The quantitative estimate of drug-likeness (QED) is 0.161. The van der Waals surface area contributed by atoms with Crippen molar-refractivity contribution in [1.82, 2.24) is 0 Å². The van der Waals surface area contributed by atoms with Gasteiger partial charge in [0, 0.05) is 31.5 Å². The summed E-state index contributed by atoms with van der Waals surface area (Å²) < 4.78 is 2.62. The Kier molecular flexibility index (Phi) is 7.11. The molecule has 54 heavy (non-hydrogen) atoms. The number of rotatable bonds is 5. The first-order valence-corrected chi connectivity index (χ1v) is 19.3. The number of hydrogen-bond donors (Lipinski definition) is 0. The Morgan fingerprint density at radius 2 is 0.963 bits per heavy atom. The molecule has 2 heteroatoms. The third-order valence-electron chi connectivity index (χ3n) is 11.0. The third-order valence-corrected chi connectivity index (χ3v) is 12.2. The van der Waals surface area contributed by atoms with Crippen molar-refractivity contribution in [3.8, 4) is 22.3 Å². The monoisotopic (exact) mass is 703 g/mol. The molecule has 0 unspecified atom stereocenters. The van der Waals surface area contributed by atoms with Gasteiger partial charge in [0.05, 0.1) is 5.69 Å². The largest absolute Gasteiger partial charge is 0.310 e. The molecule has 0 atom stereocenters. The number of hydrogen-bond acceptors (Lipinski definition) is 2. The second kappa shape index (κ2) is 12.4. The molecular formula is C52H33NS. The van der Waals surface area contributed by atoms with Gasteiger partial charge >= 0.3 is 0 Å². The van der Waals surface area contributed by atoms with Gasteiger partial charge in [-0.1, -0.05) is 158 Å². The van der Waals surface area contributed by atoms with Gasteiger partial charge in [0.2, 0.25) is 0 Å². The first-order chi connectivity index (χ1) is 26.8. The second-order valence-corrected chi connectivity index (χ2v) is 15.1. The molecule has 0 fully saturated rings. The van der Waals surface area contributed by atoms with E-state index >= 15 is 0 Å². The molecule has 11 rings (SSSR count). The summed E-state index contributed by atoms with van der Waals surface area (Å²) in [4.78, 5) is 2.45. The molecule has 0 amide bonds. The van der Waals surface area contributed by atoms with Crippen LogP contribution in [-0.4, -0.2) is 0 Å². The molecule has 0 N–H and O–H groups in total. The highest BCUT2D eigenvalue weighted by Gasteiger charge is 2.20.